The molecule has 5 nitrogen and oxygen atoms in total. The summed E-state index contributed by atoms with van der Waals surface area (Å²) < 4.78 is 19.1. The summed E-state index contributed by atoms with van der Waals surface area (Å²) in [5.74, 6) is 3.26. The monoisotopic (exact) mass is 428 g/mol. The van der Waals surface area contributed by atoms with Crippen molar-refractivity contribution in [3.63, 3.8) is 0 Å². The molecule has 0 aliphatic heterocycles. The zero-order chi connectivity index (χ0) is 22.2. The predicted molar refractivity (Wildman–Crippen MR) is 130 cm³/mol. The highest BCUT2D eigenvalue weighted by atomic mass is 16.5. The highest BCUT2D eigenvalue weighted by Gasteiger charge is 2.09. The van der Waals surface area contributed by atoms with Crippen LogP contribution in [0.2, 0.25) is 0 Å². The quantitative estimate of drug-likeness (QED) is 0.264. The Labute approximate surface area is 188 Å². The molecule has 0 radical (unpaired) electrons. The van der Waals surface area contributed by atoms with Crippen LogP contribution in [-0.2, 0) is 6.54 Å². The van der Waals surface area contributed by atoms with Gasteiger partial charge in [-0.15, -0.1) is 0 Å². The van der Waals surface area contributed by atoms with Crippen LogP contribution in [0.5, 0.6) is 11.5 Å². The van der Waals surface area contributed by atoms with E-state index < -0.39 is 0 Å². The van der Waals surface area contributed by atoms with Crippen molar-refractivity contribution in [1.29, 1.82) is 0 Å². The summed E-state index contributed by atoms with van der Waals surface area (Å²) in [6.07, 6.45) is 11.6. The van der Waals surface area contributed by atoms with Crippen molar-refractivity contribution >= 4 is 29.3 Å². The number of hydrogen-bond acceptors (Lipinski definition) is 4. The van der Waals surface area contributed by atoms with Crippen LogP contribution in [-0.4, -0.2) is 23.3 Å². The van der Waals surface area contributed by atoms with Gasteiger partial charge in [0, 0.05) is 6.54 Å². The van der Waals surface area contributed by atoms with Gasteiger partial charge >= 0.3 is 0 Å². The maximum atomic E-state index is 5.99. The summed E-state index contributed by atoms with van der Waals surface area (Å²) in [5, 5.41) is 0. The summed E-state index contributed by atoms with van der Waals surface area (Å²) in [6, 6.07) is 18.0. The molecular formula is C27H28N2O3. The largest absolute Gasteiger partial charge is 0.493 e. The third-order valence-corrected chi connectivity index (χ3v) is 5.20. The molecule has 0 unspecified atom stereocenters. The molecule has 0 saturated carbocycles. The van der Waals surface area contributed by atoms with Gasteiger partial charge in [0.05, 0.1) is 31.0 Å². The minimum atomic E-state index is 0.628. The van der Waals surface area contributed by atoms with Crippen LogP contribution in [0.3, 0.4) is 0 Å². The Morgan fingerprint density at radius 2 is 1.88 bits per heavy atom. The van der Waals surface area contributed by atoms with Crippen LogP contribution < -0.4 is 9.47 Å². The van der Waals surface area contributed by atoms with Crippen LogP contribution in [0.1, 0.15) is 36.9 Å². The number of para-hydroxylation sites is 2. The Hall–Kier alpha value is -3.73. The number of furan rings is 1. The minimum absolute atomic E-state index is 0.628. The van der Waals surface area contributed by atoms with E-state index in [4.69, 9.17) is 18.9 Å². The number of imidazole rings is 1. The summed E-state index contributed by atoms with van der Waals surface area (Å²) >= 11 is 0. The molecular weight excluding hydrogens is 400 g/mol. The van der Waals surface area contributed by atoms with Crippen LogP contribution in [0.25, 0.3) is 29.3 Å². The number of aryl methyl sites for hydroxylation is 1. The molecule has 0 N–H and O–H groups in total. The van der Waals surface area contributed by atoms with Crippen molar-refractivity contribution in [3.05, 3.63) is 84.1 Å². The molecule has 4 aromatic rings. The lowest BCUT2D eigenvalue weighted by molar-refractivity contribution is 0.284. The first-order valence-electron chi connectivity index (χ1n) is 10.9. The smallest absolute Gasteiger partial charge is 0.161 e. The van der Waals surface area contributed by atoms with Crippen LogP contribution in [0, 0.1) is 0 Å². The van der Waals surface area contributed by atoms with Crippen molar-refractivity contribution in [3.8, 4) is 11.5 Å². The highest BCUT2D eigenvalue weighted by Crippen LogP contribution is 2.29. The van der Waals surface area contributed by atoms with E-state index in [9.17, 15) is 0 Å². The van der Waals surface area contributed by atoms with E-state index in [0.717, 1.165) is 59.1 Å². The van der Waals surface area contributed by atoms with Crippen molar-refractivity contribution < 1.29 is 13.9 Å². The number of benzene rings is 2. The topological polar surface area (TPSA) is 49.4 Å². The average Bonchev–Trinajstić information content (AvgIpc) is 3.46. The third-order valence-electron chi connectivity index (χ3n) is 5.20. The Morgan fingerprint density at radius 1 is 0.969 bits per heavy atom. The second-order valence-electron chi connectivity index (χ2n) is 7.42. The average molecular weight is 429 g/mol. The van der Waals surface area contributed by atoms with Gasteiger partial charge in [0.2, 0.25) is 0 Å². The number of nitrogens with zero attached hydrogens (tertiary/aromatic N) is 2. The molecule has 0 amide bonds. The molecule has 0 aliphatic rings. The minimum Gasteiger partial charge on any atom is -0.493 e. The van der Waals surface area contributed by atoms with Gasteiger partial charge in [0.25, 0.3) is 0 Å². The molecule has 164 valence electrons. The Morgan fingerprint density at radius 3 is 2.69 bits per heavy atom. The molecule has 32 heavy (non-hydrogen) atoms. The molecule has 0 bridgehead atoms. The second-order valence-corrected chi connectivity index (χ2v) is 7.42. The van der Waals surface area contributed by atoms with Gasteiger partial charge in [-0.1, -0.05) is 30.4 Å². The Kier molecular flexibility index (Phi) is 7.08. The third kappa shape index (κ3) is 5.11. The molecule has 0 spiro atoms. The second kappa shape index (κ2) is 10.5. The van der Waals surface area contributed by atoms with E-state index in [1.54, 1.807) is 13.4 Å². The standard InChI is InChI=1S/C27H28N2O3/c1-3-9-21-13-15-25(26(20-21)30-2)32-18-7-6-17-29-24-12-5-4-11-23(24)28-27(29)16-14-22-10-8-19-31-22/h3-5,8-16,19-20H,6-7,17-18H2,1-2H3/b9-3+,16-14+. The number of allylic oxidation sites excluding steroid dienone is 1. The number of aromatic nitrogens is 2. The molecule has 5 heteroatoms. The lowest BCUT2D eigenvalue weighted by Gasteiger charge is -2.12. The zero-order valence-corrected chi connectivity index (χ0v) is 18.5. The molecule has 2 aromatic carbocycles. The van der Waals surface area contributed by atoms with E-state index in [2.05, 4.69) is 10.6 Å². The number of methoxy groups -OCH3 is 1. The van der Waals surface area contributed by atoms with Crippen molar-refractivity contribution in [2.45, 2.75) is 26.3 Å². The van der Waals surface area contributed by atoms with E-state index in [-0.39, 0.29) is 0 Å². The Balaban J connectivity index is 1.39. The normalized spacial score (nSPS) is 11.7. The summed E-state index contributed by atoms with van der Waals surface area (Å²) in [6.45, 7) is 3.49. The van der Waals surface area contributed by atoms with Crippen molar-refractivity contribution in [1.82, 2.24) is 9.55 Å². The first kappa shape index (κ1) is 21.5. The summed E-state index contributed by atoms with van der Waals surface area (Å²) in [4.78, 5) is 4.79. The van der Waals surface area contributed by atoms with Crippen LogP contribution in [0.4, 0.5) is 0 Å². The number of fused-ring (bicyclic) bond motifs is 1. The lowest BCUT2D eigenvalue weighted by Crippen LogP contribution is -2.04. The van der Waals surface area contributed by atoms with Crippen LogP contribution in [0.15, 0.2) is 71.4 Å². The fourth-order valence-corrected chi connectivity index (χ4v) is 3.65. The molecule has 2 heterocycles. The van der Waals surface area contributed by atoms with E-state index >= 15 is 0 Å². The molecule has 0 atom stereocenters. The molecule has 0 aliphatic carbocycles. The molecule has 0 saturated heterocycles. The maximum Gasteiger partial charge on any atom is 0.161 e. The number of ether oxygens (including phenoxy) is 2. The van der Waals surface area contributed by atoms with Gasteiger partial charge in [0.15, 0.2) is 11.5 Å². The first-order chi connectivity index (χ1) is 15.8. The SMILES string of the molecule is C/C=C/c1ccc(OCCCCn2c(/C=C/c3ccco3)nc3ccccc32)c(OC)c1. The van der Waals surface area contributed by atoms with Gasteiger partial charge in [-0.05, 0) is 73.9 Å². The number of rotatable bonds is 10. The fourth-order valence-electron chi connectivity index (χ4n) is 3.65. The van der Waals surface area contributed by atoms with E-state index in [1.807, 2.05) is 79.8 Å². The van der Waals surface area contributed by atoms with Gasteiger partial charge in [-0.2, -0.15) is 0 Å². The van der Waals surface area contributed by atoms with Gasteiger partial charge in [-0.3, -0.25) is 0 Å². The van der Waals surface area contributed by atoms with Crippen molar-refractivity contribution in [2.75, 3.05) is 13.7 Å². The summed E-state index contributed by atoms with van der Waals surface area (Å²) in [5.41, 5.74) is 3.22. The predicted octanol–water partition coefficient (Wildman–Crippen LogP) is 6.70. The molecule has 0 fully saturated rings. The Bertz CT molecular complexity index is 1200. The number of hydrogen-bond donors (Lipinski definition) is 0. The number of unbranched alkanes of at least 4 members (excludes halogenated alkanes) is 1. The van der Waals surface area contributed by atoms with Gasteiger partial charge < -0.3 is 18.5 Å². The lowest BCUT2D eigenvalue weighted by atomic mass is 10.2. The van der Waals surface area contributed by atoms with Gasteiger partial charge in [0.1, 0.15) is 11.6 Å². The molecule has 2 aromatic heterocycles. The van der Waals surface area contributed by atoms with Gasteiger partial charge in [-0.25, -0.2) is 4.98 Å². The zero-order valence-electron chi connectivity index (χ0n) is 18.5. The van der Waals surface area contributed by atoms with Crippen molar-refractivity contribution in [2.24, 2.45) is 0 Å². The van der Waals surface area contributed by atoms with E-state index in [1.165, 1.54) is 0 Å². The highest BCUT2D eigenvalue weighted by molar-refractivity contribution is 5.79. The molecule has 4 rings (SSSR count). The summed E-state index contributed by atoms with van der Waals surface area (Å²) in [7, 11) is 1.67. The fraction of sp³-hybridized carbons (Fsp3) is 0.222. The van der Waals surface area contributed by atoms with E-state index in [0.29, 0.717) is 6.61 Å². The maximum absolute atomic E-state index is 5.99. The first-order valence-corrected chi connectivity index (χ1v) is 10.9. The van der Waals surface area contributed by atoms with Crippen LogP contribution >= 0.6 is 0 Å².